The highest BCUT2D eigenvalue weighted by atomic mass is 127. The summed E-state index contributed by atoms with van der Waals surface area (Å²) in [6.45, 7) is 7.44. The Labute approximate surface area is 176 Å². The normalized spacial score (nSPS) is 18.0. The number of nitrogens with one attached hydrogen (secondary N) is 1. The van der Waals surface area contributed by atoms with Crippen LogP contribution in [0.15, 0.2) is 22.5 Å². The third-order valence-electron chi connectivity index (χ3n) is 4.00. The first-order valence-electron chi connectivity index (χ1n) is 8.34. The van der Waals surface area contributed by atoms with E-state index in [4.69, 9.17) is 0 Å². The third kappa shape index (κ3) is 7.34. The lowest BCUT2D eigenvalue weighted by Crippen LogP contribution is -2.49. The molecule has 0 radical (unpaired) electrons. The molecule has 1 saturated heterocycles. The van der Waals surface area contributed by atoms with Crippen molar-refractivity contribution in [3.8, 4) is 0 Å². The molecule has 1 aromatic heterocycles. The number of hydrogen-bond acceptors (Lipinski definition) is 4. The fraction of sp³-hybridized carbons (Fsp3) is 0.647. The molecule has 0 saturated carbocycles. The maximum absolute atomic E-state index is 11.9. The molecule has 1 aliphatic rings. The monoisotopic (exact) mass is 496 g/mol. The van der Waals surface area contributed by atoms with E-state index >= 15 is 0 Å². The van der Waals surface area contributed by atoms with Crippen molar-refractivity contribution in [3.63, 3.8) is 0 Å². The lowest BCUT2D eigenvalue weighted by Gasteiger charge is -2.36. The van der Waals surface area contributed by atoms with Crippen LogP contribution in [0.5, 0.6) is 0 Å². The predicted molar refractivity (Wildman–Crippen MR) is 120 cm³/mol. The molecule has 0 bridgehead atoms. The van der Waals surface area contributed by atoms with E-state index in [0.29, 0.717) is 11.2 Å². The van der Waals surface area contributed by atoms with Crippen LogP contribution in [0, 0.1) is 5.92 Å². The van der Waals surface area contributed by atoms with Crippen LogP contribution in [0.2, 0.25) is 0 Å². The van der Waals surface area contributed by atoms with E-state index in [-0.39, 0.29) is 36.4 Å². The summed E-state index contributed by atoms with van der Waals surface area (Å²) in [5.41, 5.74) is 0. The van der Waals surface area contributed by atoms with Crippen molar-refractivity contribution < 1.29 is 4.79 Å². The minimum absolute atomic E-state index is 0. The number of carbonyl (C=O) groups excluding carboxylic acids is 1. The van der Waals surface area contributed by atoms with Gasteiger partial charge in [0.25, 0.3) is 0 Å². The predicted octanol–water partition coefficient (Wildman–Crippen LogP) is 2.97. The summed E-state index contributed by atoms with van der Waals surface area (Å²) < 4.78 is 0. The van der Waals surface area contributed by atoms with Gasteiger partial charge in [-0.2, -0.15) is 11.8 Å². The average Bonchev–Trinajstić information content (AvgIpc) is 3.08. The van der Waals surface area contributed by atoms with Gasteiger partial charge in [-0.1, -0.05) is 19.9 Å². The molecule has 2 heterocycles. The Hall–Kier alpha value is -0.480. The van der Waals surface area contributed by atoms with Crippen molar-refractivity contribution in [3.05, 3.63) is 22.4 Å². The van der Waals surface area contributed by atoms with Gasteiger partial charge in [0, 0.05) is 43.1 Å². The molecule has 8 heteroatoms. The standard InChI is InChI=1S/C17H28N4OS2.HI/c1-13(2)15-12-21(7-9-24-15)17(19-11-16(22)20(3)4)18-10-14-6-5-8-23-14;/h5-6,8,13,15H,7,9-12H2,1-4H3,(H,18,19);1H. The van der Waals surface area contributed by atoms with Gasteiger partial charge >= 0.3 is 0 Å². The van der Waals surface area contributed by atoms with Gasteiger partial charge in [0.2, 0.25) is 5.91 Å². The number of carbonyl (C=O) groups is 1. The number of rotatable bonds is 5. The van der Waals surface area contributed by atoms with Crippen molar-refractivity contribution in [2.24, 2.45) is 10.9 Å². The summed E-state index contributed by atoms with van der Waals surface area (Å²) in [5, 5.41) is 6.14. The van der Waals surface area contributed by atoms with Gasteiger partial charge in [0.1, 0.15) is 6.54 Å². The van der Waals surface area contributed by atoms with E-state index in [0.717, 1.165) is 31.3 Å². The van der Waals surface area contributed by atoms with E-state index in [1.165, 1.54) is 4.88 Å². The molecule has 1 amide bonds. The van der Waals surface area contributed by atoms with Crippen molar-refractivity contribution in [1.82, 2.24) is 15.1 Å². The van der Waals surface area contributed by atoms with Crippen LogP contribution >= 0.6 is 47.1 Å². The van der Waals surface area contributed by atoms with Crippen molar-refractivity contribution >= 4 is 58.9 Å². The van der Waals surface area contributed by atoms with Crippen molar-refractivity contribution in [2.45, 2.75) is 25.6 Å². The average molecular weight is 496 g/mol. The molecule has 1 unspecified atom stereocenters. The molecule has 0 spiro atoms. The Kier molecular flexibility index (Phi) is 10.2. The quantitative estimate of drug-likeness (QED) is 0.387. The molecular weight excluding hydrogens is 467 g/mol. The minimum Gasteiger partial charge on any atom is -0.351 e. The number of hydrogen-bond donors (Lipinski definition) is 1. The fourth-order valence-corrected chi connectivity index (χ4v) is 4.35. The van der Waals surface area contributed by atoms with Gasteiger partial charge in [-0.3, -0.25) is 4.79 Å². The van der Waals surface area contributed by atoms with E-state index < -0.39 is 0 Å². The number of likely N-dealkylation sites (N-methyl/N-ethyl adjacent to an activating group) is 1. The van der Waals surface area contributed by atoms with Crippen LogP contribution in [0.1, 0.15) is 18.7 Å². The number of guanidine groups is 1. The van der Waals surface area contributed by atoms with Gasteiger partial charge in [-0.05, 0) is 17.4 Å². The molecule has 25 heavy (non-hydrogen) atoms. The Morgan fingerprint density at radius 1 is 1.48 bits per heavy atom. The van der Waals surface area contributed by atoms with E-state index in [9.17, 15) is 4.79 Å². The van der Waals surface area contributed by atoms with Gasteiger partial charge in [0.15, 0.2) is 5.96 Å². The van der Waals surface area contributed by atoms with E-state index in [2.05, 4.69) is 46.6 Å². The molecule has 0 aliphatic carbocycles. The second kappa shape index (κ2) is 11.3. The van der Waals surface area contributed by atoms with E-state index in [1.54, 1.807) is 30.3 Å². The highest BCUT2D eigenvalue weighted by Crippen LogP contribution is 2.25. The highest BCUT2D eigenvalue weighted by molar-refractivity contribution is 14.0. The summed E-state index contributed by atoms with van der Waals surface area (Å²) in [7, 11) is 3.53. The molecule has 1 aromatic rings. The molecule has 1 atom stereocenters. The zero-order valence-corrected chi connectivity index (χ0v) is 19.4. The molecule has 0 aromatic carbocycles. The second-order valence-corrected chi connectivity index (χ2v) is 8.84. The Morgan fingerprint density at radius 2 is 2.24 bits per heavy atom. The maximum Gasteiger partial charge on any atom is 0.243 e. The molecule has 1 aliphatic heterocycles. The largest absolute Gasteiger partial charge is 0.351 e. The second-order valence-electron chi connectivity index (χ2n) is 6.46. The summed E-state index contributed by atoms with van der Waals surface area (Å²) in [6, 6.07) is 4.17. The lowest BCUT2D eigenvalue weighted by molar-refractivity contribution is -0.127. The fourth-order valence-electron chi connectivity index (χ4n) is 2.40. The summed E-state index contributed by atoms with van der Waals surface area (Å²) in [5.74, 6) is 2.62. The molecule has 142 valence electrons. The first kappa shape index (κ1) is 22.6. The van der Waals surface area contributed by atoms with Crippen LogP contribution in [0.25, 0.3) is 0 Å². The van der Waals surface area contributed by atoms with Crippen molar-refractivity contribution in [2.75, 3.05) is 39.5 Å². The van der Waals surface area contributed by atoms with E-state index in [1.807, 2.05) is 11.8 Å². The van der Waals surface area contributed by atoms with Crippen LogP contribution in [0.3, 0.4) is 0 Å². The van der Waals surface area contributed by atoms with Gasteiger partial charge in [-0.25, -0.2) is 4.99 Å². The summed E-state index contributed by atoms with van der Waals surface area (Å²) in [6.07, 6.45) is 0. The molecule has 5 nitrogen and oxygen atoms in total. The summed E-state index contributed by atoms with van der Waals surface area (Å²) in [4.78, 5) is 21.7. The lowest BCUT2D eigenvalue weighted by atomic mass is 10.1. The number of halogens is 1. The first-order valence-corrected chi connectivity index (χ1v) is 10.3. The topological polar surface area (TPSA) is 47.9 Å². The highest BCUT2D eigenvalue weighted by Gasteiger charge is 2.25. The Balaban J connectivity index is 0.00000312. The number of thioether (sulfide) groups is 1. The zero-order valence-electron chi connectivity index (χ0n) is 15.4. The van der Waals surface area contributed by atoms with Crippen LogP contribution in [-0.2, 0) is 11.3 Å². The number of aliphatic imine (C=N–C) groups is 1. The van der Waals surface area contributed by atoms with Gasteiger partial charge in [0.05, 0.1) is 6.54 Å². The molecular formula is C17H29IN4OS2. The van der Waals surface area contributed by atoms with Crippen LogP contribution in [0.4, 0.5) is 0 Å². The zero-order chi connectivity index (χ0) is 17.5. The van der Waals surface area contributed by atoms with Gasteiger partial charge < -0.3 is 15.1 Å². The smallest absolute Gasteiger partial charge is 0.243 e. The third-order valence-corrected chi connectivity index (χ3v) is 6.42. The Bertz CT molecular complexity index is 549. The first-order chi connectivity index (χ1) is 11.5. The number of amides is 1. The molecule has 1 N–H and O–H groups in total. The number of thiophene rings is 1. The maximum atomic E-state index is 11.9. The number of nitrogens with zero attached hydrogens (tertiary/aromatic N) is 3. The SMILES string of the molecule is CC(C)C1CN(C(=NCC(=O)N(C)C)NCc2cccs2)CCS1.I. The van der Waals surface area contributed by atoms with Crippen LogP contribution in [-0.4, -0.2) is 66.4 Å². The van der Waals surface area contributed by atoms with Crippen LogP contribution < -0.4 is 5.32 Å². The Morgan fingerprint density at radius 3 is 2.84 bits per heavy atom. The molecule has 2 rings (SSSR count). The van der Waals surface area contributed by atoms with Gasteiger partial charge in [-0.15, -0.1) is 35.3 Å². The minimum atomic E-state index is 0. The summed E-state index contributed by atoms with van der Waals surface area (Å²) >= 11 is 3.77. The van der Waals surface area contributed by atoms with Crippen molar-refractivity contribution in [1.29, 1.82) is 0 Å². The molecule has 1 fully saturated rings.